The Morgan fingerprint density at radius 3 is 2.76 bits per heavy atom. The molecule has 2 rings (SSSR count). The number of anilines is 1. The third-order valence-electron chi connectivity index (χ3n) is 3.10. The maximum atomic E-state index is 5.34. The summed E-state index contributed by atoms with van der Waals surface area (Å²) in [7, 11) is 0. The summed E-state index contributed by atoms with van der Waals surface area (Å²) < 4.78 is 5.34. The van der Waals surface area contributed by atoms with Crippen molar-refractivity contribution in [2.75, 3.05) is 37.7 Å². The van der Waals surface area contributed by atoms with Crippen molar-refractivity contribution in [1.29, 1.82) is 0 Å². The summed E-state index contributed by atoms with van der Waals surface area (Å²) in [5, 5.41) is 3.36. The van der Waals surface area contributed by atoms with Gasteiger partial charge in [-0.15, -0.1) is 0 Å². The van der Waals surface area contributed by atoms with Crippen molar-refractivity contribution in [3.63, 3.8) is 0 Å². The molecule has 0 aromatic carbocycles. The molecule has 1 unspecified atom stereocenters. The Morgan fingerprint density at radius 2 is 2.18 bits per heavy atom. The van der Waals surface area contributed by atoms with Gasteiger partial charge in [0.05, 0.1) is 30.8 Å². The summed E-state index contributed by atoms with van der Waals surface area (Å²) in [5.74, 6) is 0. The van der Waals surface area contributed by atoms with Gasteiger partial charge in [-0.2, -0.15) is 0 Å². The van der Waals surface area contributed by atoms with Crippen LogP contribution < -0.4 is 10.2 Å². The number of nitrogens with zero attached hydrogens (tertiary/aromatic N) is 2. The highest BCUT2D eigenvalue weighted by Crippen LogP contribution is 2.17. The molecule has 1 aliphatic rings. The molecular formula is C13H21N3O. The van der Waals surface area contributed by atoms with E-state index < -0.39 is 0 Å². The van der Waals surface area contributed by atoms with Gasteiger partial charge in [-0.1, -0.05) is 6.92 Å². The first-order valence-corrected chi connectivity index (χ1v) is 6.33. The first kappa shape index (κ1) is 12.3. The highest BCUT2D eigenvalue weighted by Gasteiger charge is 2.12. The normalized spacial score (nSPS) is 18.1. The Bertz CT molecular complexity index is 333. The van der Waals surface area contributed by atoms with Crippen LogP contribution >= 0.6 is 0 Å². The molecule has 0 aliphatic carbocycles. The first-order valence-electron chi connectivity index (χ1n) is 6.33. The minimum atomic E-state index is 0.318. The number of rotatable bonds is 4. The summed E-state index contributed by atoms with van der Waals surface area (Å²) in [6.07, 6.45) is 1.97. The van der Waals surface area contributed by atoms with E-state index in [9.17, 15) is 0 Å². The van der Waals surface area contributed by atoms with Crippen LogP contribution in [-0.4, -0.2) is 37.8 Å². The molecule has 0 saturated carbocycles. The fraction of sp³-hybridized carbons (Fsp3) is 0.615. The summed E-state index contributed by atoms with van der Waals surface area (Å²) in [5.41, 5.74) is 2.30. The molecule has 1 atom stereocenters. The molecule has 1 aromatic rings. The third kappa shape index (κ3) is 3.17. The average molecular weight is 235 g/mol. The van der Waals surface area contributed by atoms with Gasteiger partial charge in [-0.3, -0.25) is 4.98 Å². The molecule has 1 aliphatic heterocycles. The second-order valence-electron chi connectivity index (χ2n) is 4.32. The molecule has 0 amide bonds. The fourth-order valence-corrected chi connectivity index (χ4v) is 2.07. The molecule has 1 fully saturated rings. The zero-order chi connectivity index (χ0) is 12.1. The summed E-state index contributed by atoms with van der Waals surface area (Å²) in [6, 6.07) is 4.58. The van der Waals surface area contributed by atoms with Gasteiger partial charge >= 0.3 is 0 Å². The lowest BCUT2D eigenvalue weighted by Gasteiger charge is -2.28. The molecule has 1 saturated heterocycles. The van der Waals surface area contributed by atoms with Crippen LogP contribution in [-0.2, 0) is 4.74 Å². The van der Waals surface area contributed by atoms with Crippen molar-refractivity contribution < 1.29 is 4.74 Å². The number of nitrogens with one attached hydrogen (secondary N) is 1. The minimum absolute atomic E-state index is 0.318. The van der Waals surface area contributed by atoms with E-state index in [1.54, 1.807) is 0 Å². The van der Waals surface area contributed by atoms with Crippen LogP contribution in [0.2, 0.25) is 0 Å². The second-order valence-corrected chi connectivity index (χ2v) is 4.32. The van der Waals surface area contributed by atoms with Crippen LogP contribution in [0.25, 0.3) is 0 Å². The number of hydrogen-bond acceptors (Lipinski definition) is 4. The zero-order valence-electron chi connectivity index (χ0n) is 10.6. The lowest BCUT2D eigenvalue weighted by molar-refractivity contribution is 0.122. The molecule has 0 spiro atoms. The number of hydrogen-bond donors (Lipinski definition) is 1. The summed E-state index contributed by atoms with van der Waals surface area (Å²) in [4.78, 5) is 6.85. The standard InChI is InChI=1S/C13H21N3O/c1-3-14-11(2)13-5-4-12(10-15-13)16-6-8-17-9-7-16/h4-5,10-11,14H,3,6-9H2,1-2H3. The Balaban J connectivity index is 2.01. The van der Waals surface area contributed by atoms with Gasteiger partial charge in [0.1, 0.15) is 0 Å². The monoisotopic (exact) mass is 235 g/mol. The van der Waals surface area contributed by atoms with E-state index in [0.717, 1.165) is 38.5 Å². The van der Waals surface area contributed by atoms with Crippen molar-refractivity contribution in [2.45, 2.75) is 19.9 Å². The Hall–Kier alpha value is -1.13. The predicted octanol–water partition coefficient (Wildman–Crippen LogP) is 1.59. The van der Waals surface area contributed by atoms with Gasteiger partial charge in [0, 0.05) is 19.1 Å². The Kier molecular flexibility index (Phi) is 4.34. The quantitative estimate of drug-likeness (QED) is 0.860. The molecule has 0 bridgehead atoms. The molecular weight excluding hydrogens is 214 g/mol. The molecule has 4 nitrogen and oxygen atoms in total. The second kappa shape index (κ2) is 5.98. The van der Waals surface area contributed by atoms with E-state index in [-0.39, 0.29) is 0 Å². The number of pyridine rings is 1. The highest BCUT2D eigenvalue weighted by atomic mass is 16.5. The van der Waals surface area contributed by atoms with Gasteiger partial charge in [-0.05, 0) is 25.6 Å². The maximum absolute atomic E-state index is 5.34. The van der Waals surface area contributed by atoms with Gasteiger partial charge in [0.15, 0.2) is 0 Å². The van der Waals surface area contributed by atoms with Crippen molar-refractivity contribution in [2.24, 2.45) is 0 Å². The van der Waals surface area contributed by atoms with E-state index in [4.69, 9.17) is 4.74 Å². The molecule has 2 heterocycles. The summed E-state index contributed by atoms with van der Waals surface area (Å²) in [6.45, 7) is 8.77. The largest absolute Gasteiger partial charge is 0.378 e. The van der Waals surface area contributed by atoms with Crippen molar-refractivity contribution in [1.82, 2.24) is 10.3 Å². The van der Waals surface area contributed by atoms with Gasteiger partial charge in [0.2, 0.25) is 0 Å². The van der Waals surface area contributed by atoms with Gasteiger partial charge in [0.25, 0.3) is 0 Å². The van der Waals surface area contributed by atoms with Gasteiger partial charge in [-0.25, -0.2) is 0 Å². The summed E-state index contributed by atoms with van der Waals surface area (Å²) >= 11 is 0. The van der Waals surface area contributed by atoms with E-state index >= 15 is 0 Å². The van der Waals surface area contributed by atoms with Crippen LogP contribution in [0.1, 0.15) is 25.6 Å². The van der Waals surface area contributed by atoms with Crippen LogP contribution in [0, 0.1) is 0 Å². The van der Waals surface area contributed by atoms with Crippen LogP contribution in [0.5, 0.6) is 0 Å². The number of aromatic nitrogens is 1. The lowest BCUT2D eigenvalue weighted by atomic mass is 10.2. The topological polar surface area (TPSA) is 37.4 Å². The molecule has 94 valence electrons. The smallest absolute Gasteiger partial charge is 0.0642 e. The van der Waals surface area contributed by atoms with Crippen LogP contribution in [0.4, 0.5) is 5.69 Å². The van der Waals surface area contributed by atoms with E-state index in [0.29, 0.717) is 6.04 Å². The molecule has 4 heteroatoms. The molecule has 17 heavy (non-hydrogen) atoms. The molecule has 1 N–H and O–H groups in total. The van der Waals surface area contributed by atoms with Crippen LogP contribution in [0.3, 0.4) is 0 Å². The van der Waals surface area contributed by atoms with Crippen molar-refractivity contribution in [3.8, 4) is 0 Å². The van der Waals surface area contributed by atoms with E-state index in [1.807, 2.05) is 6.20 Å². The van der Waals surface area contributed by atoms with Crippen molar-refractivity contribution in [3.05, 3.63) is 24.0 Å². The third-order valence-corrected chi connectivity index (χ3v) is 3.10. The number of morpholine rings is 1. The SMILES string of the molecule is CCNC(C)c1ccc(N2CCOCC2)cn1. The molecule has 1 aromatic heterocycles. The van der Waals surface area contributed by atoms with Crippen molar-refractivity contribution >= 4 is 5.69 Å². The Morgan fingerprint density at radius 1 is 1.41 bits per heavy atom. The Labute approximate surface area is 103 Å². The van der Waals surface area contributed by atoms with Crippen LogP contribution in [0.15, 0.2) is 18.3 Å². The first-order chi connectivity index (χ1) is 8.31. The maximum Gasteiger partial charge on any atom is 0.0642 e. The number of ether oxygens (including phenoxy) is 1. The zero-order valence-corrected chi connectivity index (χ0v) is 10.6. The fourth-order valence-electron chi connectivity index (χ4n) is 2.07. The van der Waals surface area contributed by atoms with E-state index in [1.165, 1.54) is 5.69 Å². The molecule has 0 radical (unpaired) electrons. The predicted molar refractivity (Wildman–Crippen MR) is 69.4 cm³/mol. The minimum Gasteiger partial charge on any atom is -0.378 e. The lowest BCUT2D eigenvalue weighted by Crippen LogP contribution is -2.36. The highest BCUT2D eigenvalue weighted by molar-refractivity contribution is 5.45. The average Bonchev–Trinajstić information content (AvgIpc) is 2.40. The van der Waals surface area contributed by atoms with E-state index in [2.05, 4.69) is 41.2 Å². The van der Waals surface area contributed by atoms with Gasteiger partial charge < -0.3 is 15.0 Å².